The van der Waals surface area contributed by atoms with Crippen molar-refractivity contribution in [2.24, 2.45) is 41.4 Å². The molecule has 0 saturated heterocycles. The van der Waals surface area contributed by atoms with Gasteiger partial charge in [0.1, 0.15) is 0 Å². The average molecular weight is 453 g/mol. The molecule has 0 aliphatic heterocycles. The van der Waals surface area contributed by atoms with Crippen molar-refractivity contribution in [3.05, 3.63) is 37.0 Å². The summed E-state index contributed by atoms with van der Waals surface area (Å²) in [5.74, 6) is 6.02. The van der Waals surface area contributed by atoms with E-state index in [9.17, 15) is 0 Å². The van der Waals surface area contributed by atoms with Crippen molar-refractivity contribution in [3.63, 3.8) is 0 Å². The maximum Gasteiger partial charge on any atom is 0.0756 e. The molecule has 0 heterocycles. The molecule has 0 aromatic carbocycles. The highest BCUT2D eigenvalue weighted by Gasteiger charge is 2.29. The lowest BCUT2D eigenvalue weighted by Crippen LogP contribution is -2.26. The Bertz CT molecular complexity index is 608. The van der Waals surface area contributed by atoms with Crippen molar-refractivity contribution in [3.8, 4) is 0 Å². The molecule has 0 amide bonds. The summed E-state index contributed by atoms with van der Waals surface area (Å²) >= 11 is 0. The van der Waals surface area contributed by atoms with Crippen LogP contribution in [0.15, 0.2) is 37.0 Å². The molecule has 0 spiro atoms. The third-order valence-corrected chi connectivity index (χ3v) is 9.79. The molecule has 0 bridgehead atoms. The lowest BCUT2D eigenvalue weighted by Gasteiger charge is -2.35. The van der Waals surface area contributed by atoms with Gasteiger partial charge in [0.2, 0.25) is 0 Å². The molecular formula is C32H52O. The molecule has 33 heavy (non-hydrogen) atoms. The zero-order chi connectivity index (χ0) is 22.9. The molecule has 186 valence electrons. The zero-order valence-corrected chi connectivity index (χ0v) is 21.6. The van der Waals surface area contributed by atoms with Crippen LogP contribution in [0.25, 0.3) is 0 Å². The van der Waals surface area contributed by atoms with Gasteiger partial charge in [-0.05, 0) is 118 Å². The second kappa shape index (κ2) is 13.3. The standard InChI is InChI=1S/C32H52O/c1-3-5-26-12-14-29(15-13-26)24-33-32-22-20-31(21-23-32)30-18-16-28(17-19-30)11-10-27-8-6-25(4-2)7-9-27/h4,10-11,20,22,25-32H,2-3,5-9,12-19,21,23-24H2,1H3/b11-10+. The van der Waals surface area contributed by atoms with E-state index in [1.807, 2.05) is 0 Å². The summed E-state index contributed by atoms with van der Waals surface area (Å²) in [6, 6.07) is 0. The van der Waals surface area contributed by atoms with Crippen LogP contribution in [-0.4, -0.2) is 12.7 Å². The molecule has 2 atom stereocenters. The van der Waals surface area contributed by atoms with Crippen molar-refractivity contribution >= 4 is 0 Å². The van der Waals surface area contributed by atoms with Gasteiger partial charge in [-0.15, -0.1) is 6.58 Å². The Kier molecular flexibility index (Phi) is 10.2. The van der Waals surface area contributed by atoms with Crippen LogP contribution in [0.2, 0.25) is 0 Å². The average Bonchev–Trinajstić information content (AvgIpc) is 2.88. The highest BCUT2D eigenvalue weighted by Crippen LogP contribution is 2.39. The highest BCUT2D eigenvalue weighted by atomic mass is 16.5. The summed E-state index contributed by atoms with van der Waals surface area (Å²) < 4.78 is 6.37. The van der Waals surface area contributed by atoms with Crippen LogP contribution in [0.5, 0.6) is 0 Å². The lowest BCUT2D eigenvalue weighted by atomic mass is 9.72. The molecule has 1 heteroatoms. The van der Waals surface area contributed by atoms with Gasteiger partial charge in [0.25, 0.3) is 0 Å². The first-order valence-corrected chi connectivity index (χ1v) is 14.8. The predicted octanol–water partition coefficient (Wildman–Crippen LogP) is 9.30. The van der Waals surface area contributed by atoms with Gasteiger partial charge < -0.3 is 4.74 Å². The van der Waals surface area contributed by atoms with Gasteiger partial charge in [-0.25, -0.2) is 0 Å². The third kappa shape index (κ3) is 7.84. The Hall–Kier alpha value is -0.820. The van der Waals surface area contributed by atoms with Crippen LogP contribution in [0.4, 0.5) is 0 Å². The van der Waals surface area contributed by atoms with E-state index in [-0.39, 0.29) is 0 Å². The van der Waals surface area contributed by atoms with Gasteiger partial charge in [-0.2, -0.15) is 0 Å². The van der Waals surface area contributed by atoms with E-state index in [2.05, 4.69) is 43.9 Å². The zero-order valence-electron chi connectivity index (χ0n) is 21.6. The minimum Gasteiger partial charge on any atom is -0.374 e. The van der Waals surface area contributed by atoms with Crippen LogP contribution >= 0.6 is 0 Å². The van der Waals surface area contributed by atoms with Gasteiger partial charge in [0.15, 0.2) is 0 Å². The molecule has 4 aliphatic rings. The first kappa shape index (κ1) is 25.3. The number of rotatable bonds is 9. The minimum atomic E-state index is 0.394. The SMILES string of the molecule is C=CC1CCC(/C=C/C2CCC(C3C=CC(OCC4CCC(CCC)CC4)CC3)CC2)CC1. The van der Waals surface area contributed by atoms with Crippen LogP contribution in [0.1, 0.15) is 110 Å². The molecule has 4 rings (SSSR count). The summed E-state index contributed by atoms with van der Waals surface area (Å²) in [4.78, 5) is 0. The van der Waals surface area contributed by atoms with E-state index in [1.54, 1.807) is 0 Å². The van der Waals surface area contributed by atoms with Crippen LogP contribution in [0.3, 0.4) is 0 Å². The van der Waals surface area contributed by atoms with Gasteiger partial charge in [-0.1, -0.05) is 63.0 Å². The molecule has 0 N–H and O–H groups in total. The first-order chi connectivity index (χ1) is 16.2. The number of ether oxygens (including phenoxy) is 1. The molecule has 3 saturated carbocycles. The Morgan fingerprint density at radius 3 is 1.88 bits per heavy atom. The van der Waals surface area contributed by atoms with E-state index in [1.165, 1.54) is 103 Å². The van der Waals surface area contributed by atoms with E-state index >= 15 is 0 Å². The molecule has 3 fully saturated rings. The molecule has 0 aromatic heterocycles. The molecule has 0 aromatic rings. The summed E-state index contributed by atoms with van der Waals surface area (Å²) in [5.41, 5.74) is 0. The van der Waals surface area contributed by atoms with Gasteiger partial charge >= 0.3 is 0 Å². The van der Waals surface area contributed by atoms with E-state index in [0.717, 1.165) is 48.0 Å². The molecule has 0 radical (unpaired) electrons. The normalized spacial score (nSPS) is 40.2. The van der Waals surface area contributed by atoms with Crippen molar-refractivity contribution < 1.29 is 4.74 Å². The summed E-state index contributed by atoms with van der Waals surface area (Å²) in [5, 5.41) is 0. The molecule has 4 aliphatic carbocycles. The quantitative estimate of drug-likeness (QED) is 0.317. The maximum absolute atomic E-state index is 6.37. The summed E-state index contributed by atoms with van der Waals surface area (Å²) in [7, 11) is 0. The summed E-state index contributed by atoms with van der Waals surface area (Å²) in [6.45, 7) is 7.32. The lowest BCUT2D eigenvalue weighted by molar-refractivity contribution is 0.0289. The Labute approximate surface area is 205 Å². The Balaban J connectivity index is 1.11. The third-order valence-electron chi connectivity index (χ3n) is 9.79. The van der Waals surface area contributed by atoms with Crippen molar-refractivity contribution in [1.82, 2.24) is 0 Å². The van der Waals surface area contributed by atoms with Crippen LogP contribution in [-0.2, 0) is 4.74 Å². The van der Waals surface area contributed by atoms with E-state index in [0.29, 0.717) is 6.10 Å². The van der Waals surface area contributed by atoms with Crippen molar-refractivity contribution in [1.29, 1.82) is 0 Å². The second-order valence-corrected chi connectivity index (χ2v) is 12.1. The van der Waals surface area contributed by atoms with Crippen LogP contribution in [0, 0.1) is 41.4 Å². The topological polar surface area (TPSA) is 9.23 Å². The van der Waals surface area contributed by atoms with Gasteiger partial charge in [0.05, 0.1) is 12.7 Å². The molecule has 1 nitrogen and oxygen atoms in total. The number of hydrogen-bond donors (Lipinski definition) is 0. The number of hydrogen-bond acceptors (Lipinski definition) is 1. The highest BCUT2D eigenvalue weighted by molar-refractivity contribution is 5.03. The molecule has 2 unspecified atom stereocenters. The van der Waals surface area contributed by atoms with Crippen LogP contribution < -0.4 is 0 Å². The van der Waals surface area contributed by atoms with E-state index < -0.39 is 0 Å². The van der Waals surface area contributed by atoms with Crippen molar-refractivity contribution in [2.45, 2.75) is 116 Å². The largest absolute Gasteiger partial charge is 0.374 e. The fourth-order valence-electron chi connectivity index (χ4n) is 7.36. The summed E-state index contributed by atoms with van der Waals surface area (Å²) in [6.07, 6.45) is 35.0. The first-order valence-electron chi connectivity index (χ1n) is 14.8. The van der Waals surface area contributed by atoms with Gasteiger partial charge in [0, 0.05) is 0 Å². The second-order valence-electron chi connectivity index (χ2n) is 12.1. The van der Waals surface area contributed by atoms with Crippen molar-refractivity contribution in [2.75, 3.05) is 6.61 Å². The Morgan fingerprint density at radius 2 is 1.30 bits per heavy atom. The predicted molar refractivity (Wildman–Crippen MR) is 142 cm³/mol. The fraction of sp³-hybridized carbons (Fsp3) is 0.812. The fourth-order valence-corrected chi connectivity index (χ4v) is 7.36. The Morgan fingerprint density at radius 1 is 0.697 bits per heavy atom. The van der Waals surface area contributed by atoms with E-state index in [4.69, 9.17) is 4.74 Å². The monoisotopic (exact) mass is 452 g/mol. The maximum atomic E-state index is 6.37. The smallest absolute Gasteiger partial charge is 0.0756 e. The molecular weight excluding hydrogens is 400 g/mol. The van der Waals surface area contributed by atoms with Gasteiger partial charge in [-0.3, -0.25) is 0 Å². The minimum absolute atomic E-state index is 0.394. The number of allylic oxidation sites excluding steroid dienone is 4.